The highest BCUT2D eigenvalue weighted by atomic mass is 19.1. The van der Waals surface area contributed by atoms with Crippen molar-refractivity contribution in [2.45, 2.75) is 30.8 Å². The highest BCUT2D eigenvalue weighted by molar-refractivity contribution is 5.96. The minimum atomic E-state index is -0.726. The molecule has 0 saturated carbocycles. The molecular weight excluding hydrogens is 404 g/mol. The first-order chi connectivity index (χ1) is 15.0. The quantitative estimate of drug-likeness (QED) is 0.702. The Balaban J connectivity index is 1.77. The summed E-state index contributed by atoms with van der Waals surface area (Å²) in [7, 11) is 0. The van der Waals surface area contributed by atoms with E-state index in [4.69, 9.17) is 0 Å². The third kappa shape index (κ3) is 3.10. The average molecular weight is 423 g/mol. The third-order valence-corrected chi connectivity index (χ3v) is 6.23. The number of benzene rings is 2. The molecule has 1 aromatic heterocycles. The van der Waals surface area contributed by atoms with Crippen LogP contribution in [0.3, 0.4) is 0 Å². The first-order valence-corrected chi connectivity index (χ1v) is 10.1. The minimum Gasteiger partial charge on any atom is -0.502 e. The molecule has 6 nitrogen and oxygen atoms in total. The van der Waals surface area contributed by atoms with Gasteiger partial charge in [0.05, 0.1) is 18.3 Å². The molecule has 8 heteroatoms. The summed E-state index contributed by atoms with van der Waals surface area (Å²) in [6, 6.07) is 11.3. The van der Waals surface area contributed by atoms with Gasteiger partial charge in [0.25, 0.3) is 5.91 Å². The molecule has 1 saturated heterocycles. The lowest BCUT2D eigenvalue weighted by Crippen LogP contribution is -2.50. The van der Waals surface area contributed by atoms with Crippen LogP contribution in [-0.4, -0.2) is 38.3 Å². The summed E-state index contributed by atoms with van der Waals surface area (Å²) in [5.41, 5.74) is 0.635. The molecule has 31 heavy (non-hydrogen) atoms. The van der Waals surface area contributed by atoms with E-state index in [-0.39, 0.29) is 23.4 Å². The first kappa shape index (κ1) is 19.4. The van der Waals surface area contributed by atoms with Crippen LogP contribution in [-0.2, 0) is 0 Å². The lowest BCUT2D eigenvalue weighted by atomic mass is 9.80. The number of rotatable bonds is 3. The molecule has 1 amide bonds. The van der Waals surface area contributed by atoms with E-state index in [0.717, 1.165) is 23.7 Å². The fraction of sp³-hybridized carbons (Fsp3) is 0.261. The van der Waals surface area contributed by atoms with Crippen LogP contribution < -0.4 is 5.43 Å². The molecule has 2 atom stereocenters. The van der Waals surface area contributed by atoms with Crippen molar-refractivity contribution in [1.82, 2.24) is 14.7 Å². The van der Waals surface area contributed by atoms with Gasteiger partial charge in [-0.15, -0.1) is 0 Å². The molecule has 0 aliphatic carbocycles. The van der Waals surface area contributed by atoms with Crippen molar-refractivity contribution in [3.8, 4) is 5.75 Å². The van der Waals surface area contributed by atoms with Gasteiger partial charge in [-0.2, -0.15) is 5.10 Å². The van der Waals surface area contributed by atoms with E-state index in [1.165, 1.54) is 28.9 Å². The lowest BCUT2D eigenvalue weighted by Gasteiger charge is -2.42. The Hall–Kier alpha value is -3.55. The average Bonchev–Trinajstić information content (AvgIpc) is 3.25. The summed E-state index contributed by atoms with van der Waals surface area (Å²) in [6.07, 6.45) is 2.48. The zero-order valence-electron chi connectivity index (χ0n) is 16.4. The van der Waals surface area contributed by atoms with Gasteiger partial charge in [-0.1, -0.05) is 24.3 Å². The van der Waals surface area contributed by atoms with Crippen LogP contribution in [0.5, 0.6) is 5.75 Å². The van der Waals surface area contributed by atoms with Crippen molar-refractivity contribution in [3.05, 3.63) is 93.4 Å². The molecule has 5 rings (SSSR count). The zero-order chi connectivity index (χ0) is 21.7. The SMILES string of the molecule is O=C1c2c(O)c(=O)cnn2C(C(c2ccc(F)cc2)c2ccc(F)cc2)[C@H]2CCCN12. The largest absolute Gasteiger partial charge is 0.502 e. The van der Waals surface area contributed by atoms with E-state index in [0.29, 0.717) is 13.0 Å². The Morgan fingerprint density at radius 3 is 2.13 bits per heavy atom. The number of nitrogens with zero attached hydrogens (tertiary/aromatic N) is 3. The number of amides is 1. The normalized spacial score (nSPS) is 20.1. The summed E-state index contributed by atoms with van der Waals surface area (Å²) in [4.78, 5) is 26.8. The Kier molecular flexibility index (Phi) is 4.57. The number of halogens is 2. The van der Waals surface area contributed by atoms with Crippen LogP contribution in [0.15, 0.2) is 59.5 Å². The molecule has 1 unspecified atom stereocenters. The van der Waals surface area contributed by atoms with Gasteiger partial charge < -0.3 is 10.0 Å². The second-order valence-electron chi connectivity index (χ2n) is 7.93. The first-order valence-electron chi connectivity index (χ1n) is 10.1. The maximum atomic E-state index is 13.7. The van der Waals surface area contributed by atoms with Crippen LogP contribution in [0.1, 0.15) is 46.4 Å². The van der Waals surface area contributed by atoms with Crippen molar-refractivity contribution < 1.29 is 18.7 Å². The molecule has 3 aromatic rings. The number of hydrogen-bond acceptors (Lipinski definition) is 4. The van der Waals surface area contributed by atoms with Crippen molar-refractivity contribution >= 4 is 5.91 Å². The molecule has 0 bridgehead atoms. The topological polar surface area (TPSA) is 75.4 Å². The Morgan fingerprint density at radius 1 is 0.968 bits per heavy atom. The van der Waals surface area contributed by atoms with Crippen molar-refractivity contribution in [2.75, 3.05) is 6.54 Å². The maximum absolute atomic E-state index is 13.7. The molecule has 0 spiro atoms. The van der Waals surface area contributed by atoms with E-state index in [1.54, 1.807) is 29.2 Å². The number of aromatic nitrogens is 2. The Morgan fingerprint density at radius 2 is 1.55 bits per heavy atom. The van der Waals surface area contributed by atoms with Crippen molar-refractivity contribution in [2.24, 2.45) is 0 Å². The van der Waals surface area contributed by atoms with Crippen LogP contribution in [0.2, 0.25) is 0 Å². The number of hydrogen-bond donors (Lipinski definition) is 1. The number of aromatic hydroxyl groups is 1. The Bertz CT molecular complexity index is 1160. The van der Waals surface area contributed by atoms with E-state index >= 15 is 0 Å². The summed E-state index contributed by atoms with van der Waals surface area (Å²) in [6.45, 7) is 0.502. The second kappa shape index (κ2) is 7.30. The Labute approximate surface area is 176 Å². The smallest absolute Gasteiger partial charge is 0.276 e. The van der Waals surface area contributed by atoms with E-state index < -0.39 is 29.0 Å². The minimum absolute atomic E-state index is 0.148. The summed E-state index contributed by atoms with van der Waals surface area (Å²) >= 11 is 0. The molecule has 2 aliphatic rings. The molecular formula is C23H19F2N3O3. The summed E-state index contributed by atoms with van der Waals surface area (Å²) in [5.74, 6) is -2.26. The summed E-state index contributed by atoms with van der Waals surface area (Å²) in [5, 5.41) is 14.7. The van der Waals surface area contributed by atoms with E-state index in [2.05, 4.69) is 5.10 Å². The van der Waals surface area contributed by atoms with Gasteiger partial charge in [-0.3, -0.25) is 14.3 Å². The molecule has 2 aliphatic heterocycles. The number of carbonyl (C=O) groups is 1. The van der Waals surface area contributed by atoms with Crippen molar-refractivity contribution in [3.63, 3.8) is 0 Å². The standard InChI is InChI=1S/C23H19F2N3O3/c24-15-7-3-13(4-8-15)19(14-5-9-16(25)10-6-14)20-17-2-1-11-27(17)23(31)21-22(30)18(29)12-26-28(20)21/h3-10,12,17,19-20,30H,1-2,11H2/t17-,20?/m1/s1. The molecule has 1 fully saturated rings. The third-order valence-electron chi connectivity index (χ3n) is 6.23. The van der Waals surface area contributed by atoms with E-state index in [9.17, 15) is 23.5 Å². The van der Waals surface area contributed by atoms with Crippen LogP contribution >= 0.6 is 0 Å². The molecule has 158 valence electrons. The van der Waals surface area contributed by atoms with Gasteiger partial charge in [0, 0.05) is 12.5 Å². The highest BCUT2D eigenvalue weighted by Crippen LogP contribution is 2.45. The van der Waals surface area contributed by atoms with Crippen molar-refractivity contribution in [1.29, 1.82) is 0 Å². The fourth-order valence-corrected chi connectivity index (χ4v) is 4.87. The number of carbonyl (C=O) groups excluding carboxylic acids is 1. The van der Waals surface area contributed by atoms with Gasteiger partial charge >= 0.3 is 0 Å². The van der Waals surface area contributed by atoms with Gasteiger partial charge in [-0.25, -0.2) is 8.78 Å². The van der Waals surface area contributed by atoms with Gasteiger partial charge in [0.15, 0.2) is 11.4 Å². The van der Waals surface area contributed by atoms with Gasteiger partial charge in [-0.05, 0) is 48.2 Å². The monoisotopic (exact) mass is 423 g/mol. The van der Waals surface area contributed by atoms with E-state index in [1.807, 2.05) is 0 Å². The van der Waals surface area contributed by atoms with Gasteiger partial charge in [0.2, 0.25) is 5.43 Å². The number of fused-ring (bicyclic) bond motifs is 2. The fourth-order valence-electron chi connectivity index (χ4n) is 4.87. The molecule has 1 N–H and O–H groups in total. The lowest BCUT2D eigenvalue weighted by molar-refractivity contribution is 0.0565. The van der Waals surface area contributed by atoms with Crippen LogP contribution in [0.25, 0.3) is 0 Å². The second-order valence-corrected chi connectivity index (χ2v) is 7.93. The zero-order valence-corrected chi connectivity index (χ0v) is 16.4. The molecule has 3 heterocycles. The summed E-state index contributed by atoms with van der Waals surface area (Å²) < 4.78 is 28.7. The predicted octanol–water partition coefficient (Wildman–Crippen LogP) is 3.22. The van der Waals surface area contributed by atoms with Gasteiger partial charge in [0.1, 0.15) is 11.6 Å². The molecule has 2 aromatic carbocycles. The van der Waals surface area contributed by atoms with Crippen LogP contribution in [0.4, 0.5) is 8.78 Å². The predicted molar refractivity (Wildman–Crippen MR) is 108 cm³/mol. The highest BCUT2D eigenvalue weighted by Gasteiger charge is 2.48. The maximum Gasteiger partial charge on any atom is 0.276 e. The van der Waals surface area contributed by atoms with Crippen LogP contribution in [0, 0.1) is 11.6 Å². The molecule has 0 radical (unpaired) electrons.